The molecule has 1 heterocycles. The Hall–Kier alpha value is -1.18. The summed E-state index contributed by atoms with van der Waals surface area (Å²) in [5.74, 6) is -1.05. The normalized spacial score (nSPS) is 11.4. The third-order valence-corrected chi connectivity index (χ3v) is 2.59. The van der Waals surface area contributed by atoms with Crippen LogP contribution < -0.4 is 4.74 Å². The number of hydrogen-bond donors (Lipinski definition) is 0. The van der Waals surface area contributed by atoms with E-state index in [1.165, 1.54) is 22.6 Å². The highest BCUT2D eigenvalue weighted by Gasteiger charge is 2.35. The Morgan fingerprint density at radius 1 is 1.44 bits per heavy atom. The Morgan fingerprint density at radius 3 is 2.50 bits per heavy atom. The SMILES string of the molecule is N#CCc1cnc(I)c(OC(F)(F)F)c1C(F)F. The van der Waals surface area contributed by atoms with Gasteiger partial charge in [0.25, 0.3) is 6.43 Å². The Balaban J connectivity index is 3.37. The molecule has 0 bridgehead atoms. The van der Waals surface area contributed by atoms with Crippen LogP contribution in [0.1, 0.15) is 17.6 Å². The van der Waals surface area contributed by atoms with E-state index >= 15 is 0 Å². The fourth-order valence-electron chi connectivity index (χ4n) is 1.20. The first kappa shape index (κ1) is 14.9. The molecule has 0 fully saturated rings. The highest BCUT2D eigenvalue weighted by molar-refractivity contribution is 14.1. The lowest BCUT2D eigenvalue weighted by Crippen LogP contribution is -2.20. The summed E-state index contributed by atoms with van der Waals surface area (Å²) in [5, 5.41) is 8.43. The van der Waals surface area contributed by atoms with Gasteiger partial charge in [0.15, 0.2) is 5.75 Å². The maximum absolute atomic E-state index is 12.8. The highest BCUT2D eigenvalue weighted by atomic mass is 127. The molecule has 0 aliphatic heterocycles. The van der Waals surface area contributed by atoms with Gasteiger partial charge >= 0.3 is 6.36 Å². The van der Waals surface area contributed by atoms with Crippen LogP contribution in [-0.2, 0) is 6.42 Å². The van der Waals surface area contributed by atoms with Crippen LogP contribution in [0.15, 0.2) is 6.20 Å². The van der Waals surface area contributed by atoms with Gasteiger partial charge in [-0.1, -0.05) is 0 Å². The molecule has 1 rings (SSSR count). The molecule has 3 nitrogen and oxygen atoms in total. The summed E-state index contributed by atoms with van der Waals surface area (Å²) in [7, 11) is 0. The van der Waals surface area contributed by atoms with Gasteiger partial charge in [-0.2, -0.15) is 5.26 Å². The van der Waals surface area contributed by atoms with E-state index in [2.05, 4.69) is 9.72 Å². The zero-order valence-electron chi connectivity index (χ0n) is 8.43. The third kappa shape index (κ3) is 3.66. The van der Waals surface area contributed by atoms with Crippen molar-refractivity contribution in [3.8, 4) is 11.8 Å². The summed E-state index contributed by atoms with van der Waals surface area (Å²) < 4.78 is 65.1. The van der Waals surface area contributed by atoms with Crippen LogP contribution in [0.5, 0.6) is 5.75 Å². The fraction of sp³-hybridized carbons (Fsp3) is 0.333. The molecule has 98 valence electrons. The highest BCUT2D eigenvalue weighted by Crippen LogP contribution is 2.37. The first-order valence-corrected chi connectivity index (χ1v) is 5.42. The Bertz CT molecular complexity index is 483. The number of hydrogen-bond acceptors (Lipinski definition) is 3. The molecule has 0 saturated heterocycles. The average Bonchev–Trinajstić information content (AvgIpc) is 2.21. The maximum Gasteiger partial charge on any atom is 0.573 e. The number of aromatic nitrogens is 1. The molecule has 0 aliphatic carbocycles. The molecule has 0 unspecified atom stereocenters. The first-order valence-electron chi connectivity index (χ1n) is 4.34. The van der Waals surface area contributed by atoms with Gasteiger partial charge in [-0.3, -0.25) is 0 Å². The summed E-state index contributed by atoms with van der Waals surface area (Å²) >= 11 is 1.35. The van der Waals surface area contributed by atoms with Gasteiger partial charge in [0.1, 0.15) is 3.70 Å². The van der Waals surface area contributed by atoms with E-state index in [4.69, 9.17) is 5.26 Å². The Morgan fingerprint density at radius 2 is 2.06 bits per heavy atom. The van der Waals surface area contributed by atoms with Crippen LogP contribution in [0.2, 0.25) is 0 Å². The molecule has 0 radical (unpaired) electrons. The molecule has 0 spiro atoms. The van der Waals surface area contributed by atoms with Crippen molar-refractivity contribution in [2.75, 3.05) is 0 Å². The second-order valence-electron chi connectivity index (χ2n) is 3.00. The van der Waals surface area contributed by atoms with Crippen molar-refractivity contribution in [3.63, 3.8) is 0 Å². The van der Waals surface area contributed by atoms with E-state index in [9.17, 15) is 22.0 Å². The van der Waals surface area contributed by atoms with Gasteiger partial charge in [0.05, 0.1) is 18.1 Å². The third-order valence-electron chi connectivity index (χ3n) is 1.82. The van der Waals surface area contributed by atoms with Crippen molar-refractivity contribution in [1.29, 1.82) is 5.26 Å². The lowest BCUT2D eigenvalue weighted by Gasteiger charge is -2.16. The second kappa shape index (κ2) is 5.64. The number of alkyl halides is 5. The first-order chi connectivity index (χ1) is 8.26. The monoisotopic (exact) mass is 378 g/mol. The number of nitriles is 1. The van der Waals surface area contributed by atoms with Gasteiger partial charge in [-0.05, 0) is 28.2 Å². The van der Waals surface area contributed by atoms with Crippen molar-refractivity contribution < 1.29 is 26.7 Å². The van der Waals surface area contributed by atoms with E-state index in [-0.39, 0.29) is 9.26 Å². The van der Waals surface area contributed by atoms with Crippen molar-refractivity contribution in [1.82, 2.24) is 4.98 Å². The molecular weight excluding hydrogens is 374 g/mol. The smallest absolute Gasteiger partial charge is 0.402 e. The average molecular weight is 378 g/mol. The van der Waals surface area contributed by atoms with E-state index in [1.54, 1.807) is 6.07 Å². The van der Waals surface area contributed by atoms with Gasteiger partial charge in [0, 0.05) is 6.20 Å². The van der Waals surface area contributed by atoms with Crippen LogP contribution in [0.3, 0.4) is 0 Å². The largest absolute Gasteiger partial charge is 0.573 e. The van der Waals surface area contributed by atoms with Crippen LogP contribution in [-0.4, -0.2) is 11.3 Å². The van der Waals surface area contributed by atoms with Crippen molar-refractivity contribution in [2.45, 2.75) is 19.2 Å². The minimum Gasteiger partial charge on any atom is -0.402 e. The summed E-state index contributed by atoms with van der Waals surface area (Å²) in [4.78, 5) is 3.50. The van der Waals surface area contributed by atoms with Crippen LogP contribution >= 0.6 is 22.6 Å². The van der Waals surface area contributed by atoms with Gasteiger partial charge < -0.3 is 4.74 Å². The molecule has 0 N–H and O–H groups in total. The Kier molecular flexibility index (Phi) is 4.66. The van der Waals surface area contributed by atoms with Gasteiger partial charge in [-0.15, -0.1) is 13.2 Å². The van der Waals surface area contributed by atoms with Gasteiger partial charge in [-0.25, -0.2) is 13.8 Å². The lowest BCUT2D eigenvalue weighted by molar-refractivity contribution is -0.275. The predicted molar refractivity (Wildman–Crippen MR) is 57.9 cm³/mol. The van der Waals surface area contributed by atoms with E-state index in [0.717, 1.165) is 6.20 Å². The quantitative estimate of drug-likeness (QED) is 0.459. The van der Waals surface area contributed by atoms with Crippen molar-refractivity contribution in [3.05, 3.63) is 21.0 Å². The summed E-state index contributed by atoms with van der Waals surface area (Å²) in [5.41, 5.74) is -1.24. The second-order valence-corrected chi connectivity index (χ2v) is 4.02. The zero-order chi connectivity index (χ0) is 13.9. The molecule has 18 heavy (non-hydrogen) atoms. The number of pyridine rings is 1. The van der Waals surface area contributed by atoms with Crippen molar-refractivity contribution >= 4 is 22.6 Å². The number of rotatable bonds is 3. The van der Waals surface area contributed by atoms with Crippen LogP contribution in [0.4, 0.5) is 22.0 Å². The number of halogens is 6. The zero-order valence-corrected chi connectivity index (χ0v) is 10.6. The Labute approximate surface area is 112 Å². The van der Waals surface area contributed by atoms with Gasteiger partial charge in [0.2, 0.25) is 0 Å². The molecular formula is C9H4F5IN2O. The fourth-order valence-corrected chi connectivity index (χ4v) is 1.74. The molecule has 9 heteroatoms. The molecule has 1 aromatic heterocycles. The van der Waals surface area contributed by atoms with Crippen molar-refractivity contribution in [2.24, 2.45) is 0 Å². The molecule has 0 aromatic carbocycles. The van der Waals surface area contributed by atoms with Crippen LogP contribution in [0, 0.1) is 15.0 Å². The lowest BCUT2D eigenvalue weighted by atomic mass is 10.1. The van der Waals surface area contributed by atoms with E-state index < -0.39 is 30.5 Å². The topological polar surface area (TPSA) is 45.9 Å². The van der Waals surface area contributed by atoms with Crippen LogP contribution in [0.25, 0.3) is 0 Å². The number of nitrogens with zero attached hydrogens (tertiary/aromatic N) is 2. The minimum absolute atomic E-state index is 0.285. The van der Waals surface area contributed by atoms with E-state index in [1.807, 2.05) is 0 Å². The van der Waals surface area contributed by atoms with E-state index in [0.29, 0.717) is 0 Å². The molecule has 1 aromatic rings. The minimum atomic E-state index is -5.10. The predicted octanol–water partition coefficient (Wildman–Crippen LogP) is 3.59. The summed E-state index contributed by atoms with van der Waals surface area (Å²) in [6.45, 7) is 0. The molecule has 0 amide bonds. The standard InChI is InChI=1S/C9H4F5IN2O/c10-7(11)5-4(1-2-16)3-17-8(15)6(5)18-9(12,13)14/h3,7H,1H2. The molecule has 0 atom stereocenters. The summed E-state index contributed by atoms with van der Waals surface area (Å²) in [6.07, 6.45) is -7.83. The summed E-state index contributed by atoms with van der Waals surface area (Å²) in [6, 6.07) is 1.58. The molecule has 0 aliphatic rings. The molecule has 0 saturated carbocycles. The maximum atomic E-state index is 12.8. The number of ether oxygens (including phenoxy) is 1.